The summed E-state index contributed by atoms with van der Waals surface area (Å²) in [7, 11) is 0. The zero-order valence-corrected chi connectivity index (χ0v) is 19.0. The van der Waals surface area contributed by atoms with Gasteiger partial charge in [-0.25, -0.2) is 9.59 Å². The summed E-state index contributed by atoms with van der Waals surface area (Å²) in [6.07, 6.45) is 1.50. The molecule has 0 fully saturated rings. The Bertz CT molecular complexity index is 1250. The first-order chi connectivity index (χ1) is 15.6. The fourth-order valence-electron chi connectivity index (χ4n) is 3.28. The molecule has 0 aliphatic rings. The molecule has 0 spiro atoms. The van der Waals surface area contributed by atoms with E-state index in [1.165, 1.54) is 12.1 Å². The lowest BCUT2D eigenvalue weighted by atomic mass is 10.0. The highest BCUT2D eigenvalue weighted by Gasteiger charge is 2.18. The van der Waals surface area contributed by atoms with Crippen LogP contribution in [0.4, 0.5) is 11.4 Å². The number of carbonyl (C=O) groups is 3. The number of nitrogens with one attached hydrogen (secondary N) is 1. The number of halogens is 2. The van der Waals surface area contributed by atoms with Gasteiger partial charge in [0.25, 0.3) is 0 Å². The number of allylic oxidation sites excluding steroid dienone is 1. The van der Waals surface area contributed by atoms with Crippen LogP contribution in [0, 0.1) is 13.8 Å². The van der Waals surface area contributed by atoms with Crippen LogP contribution in [0.2, 0.25) is 10.0 Å². The van der Waals surface area contributed by atoms with Gasteiger partial charge in [0.05, 0.1) is 32.7 Å². The van der Waals surface area contributed by atoms with E-state index in [1.807, 2.05) is 0 Å². The van der Waals surface area contributed by atoms with E-state index in [9.17, 15) is 19.5 Å². The number of aromatic carboxylic acids is 1. The van der Waals surface area contributed by atoms with E-state index in [2.05, 4.69) is 10.5 Å². The van der Waals surface area contributed by atoms with Crippen molar-refractivity contribution < 1.29 is 29.1 Å². The quantitative estimate of drug-likeness (QED) is 0.356. The van der Waals surface area contributed by atoms with Crippen LogP contribution in [-0.4, -0.2) is 33.1 Å². The largest absolute Gasteiger partial charge is 0.478 e. The summed E-state index contributed by atoms with van der Waals surface area (Å²) in [5.41, 5.74) is 2.97. The van der Waals surface area contributed by atoms with E-state index in [1.54, 1.807) is 32.0 Å². The summed E-state index contributed by atoms with van der Waals surface area (Å²) in [5, 5.41) is 25.6. The van der Waals surface area contributed by atoms with Gasteiger partial charge < -0.3 is 20.1 Å². The lowest BCUT2D eigenvalue weighted by Crippen LogP contribution is -2.06. The Kier molecular flexibility index (Phi) is 7.20. The number of aliphatic carboxylic acids is 1. The molecule has 0 atom stereocenters. The lowest BCUT2D eigenvalue weighted by molar-refractivity contribution is -0.131. The maximum atomic E-state index is 11.9. The van der Waals surface area contributed by atoms with E-state index in [0.717, 1.165) is 17.7 Å². The molecule has 0 aliphatic carbocycles. The summed E-state index contributed by atoms with van der Waals surface area (Å²) < 4.78 is 5.19. The number of nitrogens with zero attached hydrogens (tertiary/aromatic N) is 1. The van der Waals surface area contributed by atoms with Gasteiger partial charge in [0, 0.05) is 18.1 Å². The van der Waals surface area contributed by atoms with E-state index in [4.69, 9.17) is 32.8 Å². The first-order valence-electron chi connectivity index (χ1n) is 9.56. The first-order valence-corrected chi connectivity index (χ1v) is 10.3. The summed E-state index contributed by atoms with van der Waals surface area (Å²) in [6.45, 7) is 3.56. The minimum absolute atomic E-state index is 0.107. The summed E-state index contributed by atoms with van der Waals surface area (Å²) in [4.78, 5) is 34.2. The summed E-state index contributed by atoms with van der Waals surface area (Å²) >= 11 is 12.9. The molecule has 3 N–H and O–H groups in total. The SMILES string of the molecule is Cc1noc(C)c1-c1cc(Cl)c(Nc2ccc(CC(=O)/C=C/C(=O)O)cc2C(=O)O)c(Cl)c1. The number of benzene rings is 2. The Morgan fingerprint density at radius 1 is 1.06 bits per heavy atom. The van der Waals surface area contributed by atoms with Gasteiger partial charge in [0.1, 0.15) is 5.76 Å². The monoisotopic (exact) mass is 488 g/mol. The van der Waals surface area contributed by atoms with Crippen molar-refractivity contribution in [3.05, 3.63) is 75.1 Å². The van der Waals surface area contributed by atoms with Crippen LogP contribution in [0.5, 0.6) is 0 Å². The third kappa shape index (κ3) is 5.60. The van der Waals surface area contributed by atoms with Crippen molar-refractivity contribution in [1.29, 1.82) is 0 Å². The van der Waals surface area contributed by atoms with Gasteiger partial charge >= 0.3 is 11.9 Å². The number of ketones is 1. The molecule has 0 aliphatic heterocycles. The molecule has 2 aromatic carbocycles. The normalized spacial score (nSPS) is 11.0. The van der Waals surface area contributed by atoms with Gasteiger partial charge in [0.2, 0.25) is 0 Å². The van der Waals surface area contributed by atoms with E-state index < -0.39 is 17.7 Å². The molecule has 0 radical (unpaired) electrons. The third-order valence-corrected chi connectivity index (χ3v) is 5.32. The first kappa shape index (κ1) is 24.0. The molecule has 1 heterocycles. The maximum Gasteiger partial charge on any atom is 0.337 e. The van der Waals surface area contributed by atoms with E-state index in [-0.39, 0.29) is 27.7 Å². The number of anilines is 2. The molecule has 170 valence electrons. The molecule has 0 saturated carbocycles. The van der Waals surface area contributed by atoms with Crippen LogP contribution in [0.15, 0.2) is 47.0 Å². The number of carboxylic acid groups (broad SMARTS) is 2. The molecule has 0 amide bonds. The van der Waals surface area contributed by atoms with Crippen molar-refractivity contribution in [2.75, 3.05) is 5.32 Å². The minimum atomic E-state index is -1.25. The van der Waals surface area contributed by atoms with Gasteiger partial charge in [-0.15, -0.1) is 0 Å². The Morgan fingerprint density at radius 2 is 1.73 bits per heavy atom. The number of aromatic nitrogens is 1. The fourth-order valence-corrected chi connectivity index (χ4v) is 3.86. The molecule has 0 bridgehead atoms. The van der Waals surface area contributed by atoms with Crippen LogP contribution < -0.4 is 5.32 Å². The Balaban J connectivity index is 1.92. The van der Waals surface area contributed by atoms with Crippen molar-refractivity contribution in [1.82, 2.24) is 5.16 Å². The van der Waals surface area contributed by atoms with Crippen molar-refractivity contribution in [3.63, 3.8) is 0 Å². The number of hydrogen-bond donors (Lipinski definition) is 3. The van der Waals surface area contributed by atoms with Crippen molar-refractivity contribution in [2.45, 2.75) is 20.3 Å². The average Bonchev–Trinajstić information content (AvgIpc) is 3.07. The molecule has 0 unspecified atom stereocenters. The fraction of sp³-hybridized carbons (Fsp3) is 0.130. The van der Waals surface area contributed by atoms with Crippen molar-refractivity contribution in [3.8, 4) is 11.1 Å². The lowest BCUT2D eigenvalue weighted by Gasteiger charge is -2.15. The molecule has 33 heavy (non-hydrogen) atoms. The highest BCUT2D eigenvalue weighted by atomic mass is 35.5. The Hall–Kier alpha value is -3.62. The molecular formula is C23H18Cl2N2O6. The average molecular weight is 489 g/mol. The van der Waals surface area contributed by atoms with Crippen LogP contribution in [0.3, 0.4) is 0 Å². The zero-order chi connectivity index (χ0) is 24.3. The van der Waals surface area contributed by atoms with Crippen LogP contribution >= 0.6 is 23.2 Å². The molecule has 10 heteroatoms. The second-order valence-electron chi connectivity index (χ2n) is 7.14. The zero-order valence-electron chi connectivity index (χ0n) is 17.5. The molecular weight excluding hydrogens is 471 g/mol. The van der Waals surface area contributed by atoms with E-state index in [0.29, 0.717) is 28.3 Å². The summed E-state index contributed by atoms with van der Waals surface area (Å²) in [6, 6.07) is 7.72. The number of aryl methyl sites for hydroxylation is 2. The Morgan fingerprint density at radius 3 is 2.27 bits per heavy atom. The second-order valence-corrected chi connectivity index (χ2v) is 7.95. The number of carbonyl (C=O) groups excluding carboxylic acids is 1. The van der Waals surface area contributed by atoms with Gasteiger partial charge in [-0.05, 0) is 55.3 Å². The van der Waals surface area contributed by atoms with Crippen LogP contribution in [-0.2, 0) is 16.0 Å². The van der Waals surface area contributed by atoms with Gasteiger partial charge in [-0.2, -0.15) is 0 Å². The number of rotatable bonds is 8. The molecule has 3 rings (SSSR count). The predicted octanol–water partition coefficient (Wildman–Crippen LogP) is 5.46. The van der Waals surface area contributed by atoms with Crippen LogP contribution in [0.1, 0.15) is 27.4 Å². The van der Waals surface area contributed by atoms with E-state index >= 15 is 0 Å². The van der Waals surface area contributed by atoms with Crippen molar-refractivity contribution in [2.24, 2.45) is 0 Å². The standard InChI is InChI=1S/C23H18Cl2N2O6/c1-11-21(12(2)33-27-11)14-9-17(24)22(18(25)10-14)26-19-5-3-13(8-16(19)23(31)32)7-15(28)4-6-20(29)30/h3-6,8-10,26H,7H2,1-2H3,(H,29,30)(H,31,32)/b6-4+. The van der Waals surface area contributed by atoms with Gasteiger partial charge in [-0.1, -0.05) is 34.4 Å². The summed E-state index contributed by atoms with van der Waals surface area (Å²) in [5.74, 6) is -2.34. The number of hydrogen-bond acceptors (Lipinski definition) is 6. The predicted molar refractivity (Wildman–Crippen MR) is 124 cm³/mol. The number of carboxylic acids is 2. The Labute approximate surface area is 198 Å². The molecule has 1 aromatic heterocycles. The minimum Gasteiger partial charge on any atom is -0.478 e. The smallest absolute Gasteiger partial charge is 0.337 e. The highest BCUT2D eigenvalue weighted by molar-refractivity contribution is 6.39. The maximum absolute atomic E-state index is 11.9. The molecule has 8 nitrogen and oxygen atoms in total. The highest BCUT2D eigenvalue weighted by Crippen LogP contribution is 2.39. The van der Waals surface area contributed by atoms with Gasteiger partial charge in [-0.3, -0.25) is 4.79 Å². The van der Waals surface area contributed by atoms with Crippen LogP contribution in [0.25, 0.3) is 11.1 Å². The topological polar surface area (TPSA) is 130 Å². The molecule has 0 saturated heterocycles. The second kappa shape index (κ2) is 9.89. The third-order valence-electron chi connectivity index (χ3n) is 4.73. The van der Waals surface area contributed by atoms with Crippen molar-refractivity contribution >= 4 is 52.3 Å². The van der Waals surface area contributed by atoms with Gasteiger partial charge in [0.15, 0.2) is 5.78 Å². The molecule has 3 aromatic rings.